The van der Waals surface area contributed by atoms with E-state index in [9.17, 15) is 4.79 Å². The number of carbonyl (C=O) groups excluding carboxylic acids is 1. The highest BCUT2D eigenvalue weighted by Gasteiger charge is 2.12. The Morgan fingerprint density at radius 3 is 2.47 bits per heavy atom. The first-order chi connectivity index (χ1) is 17.4. The molecule has 1 heterocycles. The fourth-order valence-electron chi connectivity index (χ4n) is 4.47. The second kappa shape index (κ2) is 12.1. The summed E-state index contributed by atoms with van der Waals surface area (Å²) in [7, 11) is 0. The molecule has 0 aliphatic rings. The van der Waals surface area contributed by atoms with E-state index in [0.29, 0.717) is 26.0 Å². The summed E-state index contributed by atoms with van der Waals surface area (Å²) in [6, 6.07) is 20.2. The molecular formula is C30H34ClN3O2. The average molecular weight is 504 g/mol. The fraction of sp³-hybridized carbons (Fsp3) is 0.333. The molecule has 0 atom stereocenters. The van der Waals surface area contributed by atoms with Gasteiger partial charge in [0.15, 0.2) is 0 Å². The number of ether oxygens (including phenoxy) is 1. The van der Waals surface area contributed by atoms with Gasteiger partial charge in [0.25, 0.3) is 0 Å². The molecule has 0 radical (unpaired) electrons. The van der Waals surface area contributed by atoms with Gasteiger partial charge in [-0.05, 0) is 80.1 Å². The summed E-state index contributed by atoms with van der Waals surface area (Å²) in [5.74, 6) is 1.90. The molecule has 188 valence electrons. The van der Waals surface area contributed by atoms with Crippen molar-refractivity contribution >= 4 is 28.5 Å². The predicted octanol–water partition coefficient (Wildman–Crippen LogP) is 6.38. The standard InChI is InChI=1S/C30H34ClN3O2/c1-21-10-4-5-11-24(21)20-29(35)32-15-14-28-33-26-12-6-7-13-27(26)34(28)16-8-9-17-36-25-18-22(2)30(31)23(3)19-25/h4-7,10-13,18-19H,8-9,14-17,20H2,1-3H3,(H,32,35). The summed E-state index contributed by atoms with van der Waals surface area (Å²) >= 11 is 6.26. The fourth-order valence-corrected chi connectivity index (χ4v) is 4.58. The van der Waals surface area contributed by atoms with Gasteiger partial charge < -0.3 is 14.6 Å². The highest BCUT2D eigenvalue weighted by molar-refractivity contribution is 6.32. The molecule has 0 aliphatic heterocycles. The van der Waals surface area contributed by atoms with Gasteiger partial charge in [0, 0.05) is 24.5 Å². The minimum atomic E-state index is 0.0387. The molecule has 4 rings (SSSR count). The molecule has 1 aromatic heterocycles. The Labute approximate surface area is 218 Å². The van der Waals surface area contributed by atoms with Gasteiger partial charge in [0.2, 0.25) is 5.91 Å². The number of para-hydroxylation sites is 2. The summed E-state index contributed by atoms with van der Waals surface area (Å²) in [6.45, 7) is 8.10. The molecule has 4 aromatic rings. The molecule has 0 unspecified atom stereocenters. The number of aromatic nitrogens is 2. The van der Waals surface area contributed by atoms with E-state index >= 15 is 0 Å². The zero-order valence-corrected chi connectivity index (χ0v) is 22.1. The second-order valence-electron chi connectivity index (χ2n) is 9.30. The number of nitrogens with zero attached hydrogens (tertiary/aromatic N) is 2. The molecule has 1 amide bonds. The van der Waals surface area contributed by atoms with Crippen molar-refractivity contribution in [3.05, 3.63) is 93.8 Å². The van der Waals surface area contributed by atoms with E-state index < -0.39 is 0 Å². The van der Waals surface area contributed by atoms with Crippen LogP contribution in [0.25, 0.3) is 11.0 Å². The lowest BCUT2D eigenvalue weighted by Gasteiger charge is -2.12. The Morgan fingerprint density at radius 2 is 1.69 bits per heavy atom. The van der Waals surface area contributed by atoms with Gasteiger partial charge >= 0.3 is 0 Å². The van der Waals surface area contributed by atoms with Crippen LogP contribution < -0.4 is 10.1 Å². The van der Waals surface area contributed by atoms with Crippen molar-refractivity contribution in [2.24, 2.45) is 0 Å². The van der Waals surface area contributed by atoms with E-state index in [2.05, 4.69) is 16.0 Å². The number of halogens is 1. The largest absolute Gasteiger partial charge is 0.494 e. The highest BCUT2D eigenvalue weighted by atomic mass is 35.5. The number of unbranched alkanes of at least 4 members (excludes halogenated alkanes) is 1. The molecule has 0 fully saturated rings. The van der Waals surface area contributed by atoms with Crippen LogP contribution in [0.1, 0.15) is 40.9 Å². The molecular weight excluding hydrogens is 470 g/mol. The molecule has 0 bridgehead atoms. The molecule has 3 aromatic carbocycles. The highest BCUT2D eigenvalue weighted by Crippen LogP contribution is 2.26. The van der Waals surface area contributed by atoms with Crippen molar-refractivity contribution in [2.45, 2.75) is 53.0 Å². The monoisotopic (exact) mass is 503 g/mol. The number of amides is 1. The number of benzene rings is 3. The van der Waals surface area contributed by atoms with Crippen molar-refractivity contribution in [3.63, 3.8) is 0 Å². The minimum Gasteiger partial charge on any atom is -0.494 e. The maximum Gasteiger partial charge on any atom is 0.224 e. The summed E-state index contributed by atoms with van der Waals surface area (Å²) in [6.07, 6.45) is 2.99. The first kappa shape index (κ1) is 25.8. The van der Waals surface area contributed by atoms with Gasteiger partial charge in [-0.15, -0.1) is 0 Å². The van der Waals surface area contributed by atoms with Gasteiger partial charge in [-0.2, -0.15) is 0 Å². The molecule has 5 nitrogen and oxygen atoms in total. The number of carbonyl (C=O) groups is 1. The van der Waals surface area contributed by atoms with Crippen molar-refractivity contribution in [1.82, 2.24) is 14.9 Å². The Balaban J connectivity index is 1.31. The summed E-state index contributed by atoms with van der Waals surface area (Å²) < 4.78 is 8.25. The lowest BCUT2D eigenvalue weighted by Crippen LogP contribution is -2.28. The normalized spacial score (nSPS) is 11.1. The van der Waals surface area contributed by atoms with Crippen LogP contribution in [-0.2, 0) is 24.2 Å². The van der Waals surface area contributed by atoms with Crippen LogP contribution in [0.15, 0.2) is 60.7 Å². The molecule has 36 heavy (non-hydrogen) atoms. The van der Waals surface area contributed by atoms with Crippen LogP contribution in [0.3, 0.4) is 0 Å². The number of fused-ring (bicyclic) bond motifs is 1. The number of hydrogen-bond acceptors (Lipinski definition) is 3. The predicted molar refractivity (Wildman–Crippen MR) is 147 cm³/mol. The first-order valence-electron chi connectivity index (χ1n) is 12.6. The summed E-state index contributed by atoms with van der Waals surface area (Å²) in [5.41, 5.74) is 6.39. The number of nitrogens with one attached hydrogen (secondary N) is 1. The Bertz CT molecular complexity index is 1320. The third-order valence-electron chi connectivity index (χ3n) is 6.47. The van der Waals surface area contributed by atoms with E-state index in [4.69, 9.17) is 21.3 Å². The Kier molecular flexibility index (Phi) is 8.65. The minimum absolute atomic E-state index is 0.0387. The van der Waals surface area contributed by atoms with E-state index in [1.54, 1.807) is 0 Å². The Hall–Kier alpha value is -3.31. The SMILES string of the molecule is Cc1ccccc1CC(=O)NCCc1nc2ccccc2n1CCCCOc1cc(C)c(Cl)c(C)c1. The van der Waals surface area contributed by atoms with E-state index in [1.807, 2.05) is 75.4 Å². The maximum atomic E-state index is 12.5. The smallest absolute Gasteiger partial charge is 0.224 e. The van der Waals surface area contributed by atoms with Gasteiger partial charge in [-0.1, -0.05) is 48.0 Å². The van der Waals surface area contributed by atoms with Crippen LogP contribution in [-0.4, -0.2) is 28.6 Å². The molecule has 0 saturated carbocycles. The van der Waals surface area contributed by atoms with Crippen LogP contribution in [0.2, 0.25) is 5.02 Å². The van der Waals surface area contributed by atoms with E-state index in [1.165, 1.54) is 0 Å². The van der Waals surface area contributed by atoms with Crippen molar-refractivity contribution in [2.75, 3.05) is 13.2 Å². The van der Waals surface area contributed by atoms with Gasteiger partial charge in [0.05, 0.1) is 24.1 Å². The van der Waals surface area contributed by atoms with Crippen molar-refractivity contribution in [3.8, 4) is 5.75 Å². The van der Waals surface area contributed by atoms with Crippen molar-refractivity contribution < 1.29 is 9.53 Å². The quantitative estimate of drug-likeness (QED) is 0.242. The number of rotatable bonds is 11. The molecule has 0 spiro atoms. The van der Waals surface area contributed by atoms with Crippen LogP contribution >= 0.6 is 11.6 Å². The summed E-state index contributed by atoms with van der Waals surface area (Å²) in [5, 5.41) is 3.86. The van der Waals surface area contributed by atoms with Crippen LogP contribution in [0.4, 0.5) is 0 Å². The number of aryl methyl sites for hydroxylation is 4. The number of hydrogen-bond donors (Lipinski definition) is 1. The van der Waals surface area contributed by atoms with Gasteiger partial charge in [-0.3, -0.25) is 4.79 Å². The van der Waals surface area contributed by atoms with E-state index in [-0.39, 0.29) is 5.91 Å². The first-order valence-corrected chi connectivity index (χ1v) is 12.9. The molecule has 0 saturated heterocycles. The summed E-state index contributed by atoms with van der Waals surface area (Å²) in [4.78, 5) is 17.3. The zero-order chi connectivity index (χ0) is 25.5. The second-order valence-corrected chi connectivity index (χ2v) is 9.68. The van der Waals surface area contributed by atoms with Gasteiger partial charge in [0.1, 0.15) is 11.6 Å². The lowest BCUT2D eigenvalue weighted by molar-refractivity contribution is -0.120. The average Bonchev–Trinajstić information content (AvgIpc) is 3.21. The Morgan fingerprint density at radius 1 is 0.972 bits per heavy atom. The van der Waals surface area contributed by atoms with Crippen LogP contribution in [0, 0.1) is 20.8 Å². The molecule has 6 heteroatoms. The maximum absolute atomic E-state index is 12.5. The number of imidazole rings is 1. The van der Waals surface area contributed by atoms with Crippen molar-refractivity contribution in [1.29, 1.82) is 0 Å². The third kappa shape index (κ3) is 6.46. The third-order valence-corrected chi connectivity index (χ3v) is 7.07. The topological polar surface area (TPSA) is 56.2 Å². The lowest BCUT2D eigenvalue weighted by atomic mass is 10.1. The van der Waals surface area contributed by atoms with E-state index in [0.717, 1.165) is 69.3 Å². The van der Waals surface area contributed by atoms with Gasteiger partial charge in [-0.25, -0.2) is 4.98 Å². The van der Waals surface area contributed by atoms with Crippen LogP contribution in [0.5, 0.6) is 5.75 Å². The molecule has 0 aliphatic carbocycles. The molecule has 1 N–H and O–H groups in total. The zero-order valence-electron chi connectivity index (χ0n) is 21.3.